The van der Waals surface area contributed by atoms with E-state index in [1.54, 1.807) is 0 Å². The van der Waals surface area contributed by atoms with E-state index in [9.17, 15) is 0 Å². The number of hydrogen-bond donors (Lipinski definition) is 0. The molecule has 0 spiro atoms. The third-order valence-corrected chi connectivity index (χ3v) is 4.22. The minimum absolute atomic E-state index is 0.833. The largest absolute Gasteiger partial charge is 0.307 e. The number of hydrogen-bond acceptors (Lipinski definition) is 1. The van der Waals surface area contributed by atoms with Gasteiger partial charge in [0.1, 0.15) is 6.79 Å². The van der Waals surface area contributed by atoms with E-state index in [2.05, 4.69) is 76.2 Å². The maximum absolute atomic E-state index is 8.00. The Labute approximate surface area is 247 Å². The van der Waals surface area contributed by atoms with Crippen LogP contribution in [0.2, 0.25) is 0 Å². The Morgan fingerprint density at radius 2 is 0.692 bits per heavy atom. The Kier molecular flexibility index (Phi) is 66.2. The molecule has 3 aromatic carbocycles. The van der Waals surface area contributed by atoms with Crippen molar-refractivity contribution in [3.8, 4) is 0 Å². The van der Waals surface area contributed by atoms with Crippen molar-refractivity contribution in [1.82, 2.24) is 0 Å². The molecule has 0 atom stereocenters. The van der Waals surface area contributed by atoms with E-state index in [1.807, 2.05) is 112 Å². The number of benzene rings is 3. The van der Waals surface area contributed by atoms with Crippen molar-refractivity contribution >= 4 is 17.6 Å². The van der Waals surface area contributed by atoms with Gasteiger partial charge in [-0.3, -0.25) is 0 Å². The number of carbonyl (C=O) groups is 1. The molecule has 0 aromatic heterocycles. The molecule has 0 N–H and O–H groups in total. The first-order valence-corrected chi connectivity index (χ1v) is 15.8. The van der Waals surface area contributed by atoms with E-state index in [0.717, 1.165) is 11.8 Å². The lowest BCUT2D eigenvalue weighted by atomic mass is 9.91. The van der Waals surface area contributed by atoms with Gasteiger partial charge in [-0.25, -0.2) is 0 Å². The van der Waals surface area contributed by atoms with Crippen LogP contribution in [-0.2, 0) is 4.79 Å². The van der Waals surface area contributed by atoms with Gasteiger partial charge in [0.05, 0.1) is 0 Å². The van der Waals surface area contributed by atoms with Gasteiger partial charge in [0.15, 0.2) is 0 Å². The zero-order valence-corrected chi connectivity index (χ0v) is 28.9. The molecule has 0 unspecified atom stereocenters. The van der Waals surface area contributed by atoms with Gasteiger partial charge in [0.2, 0.25) is 0 Å². The standard InChI is InChI=1S/C10H8.C7H14.C6H6.C4H10.5C2H6.CH2O/c1-2-6-10-8-4-3-7-9(10)5-1;1-7-5-3-2-4-6-7;1-2-4-6-5-3-1;1-4(2)3;6*1-2/h1-8H;7H,2-6H2,1H3;1-6H;4H,1-3H3;5*1-2H3;1H2. The molecule has 1 nitrogen and oxygen atoms in total. The van der Waals surface area contributed by atoms with Crippen LogP contribution in [-0.4, -0.2) is 6.79 Å². The highest BCUT2D eigenvalue weighted by atomic mass is 16.1. The number of carbonyl (C=O) groups excluding carboxylic acids is 1. The van der Waals surface area contributed by atoms with Crippen LogP contribution in [0.25, 0.3) is 10.8 Å². The van der Waals surface area contributed by atoms with E-state index in [4.69, 9.17) is 4.79 Å². The van der Waals surface area contributed by atoms with E-state index >= 15 is 0 Å². The van der Waals surface area contributed by atoms with Gasteiger partial charge in [0.25, 0.3) is 0 Å². The van der Waals surface area contributed by atoms with Gasteiger partial charge < -0.3 is 4.79 Å². The van der Waals surface area contributed by atoms with Crippen molar-refractivity contribution in [2.45, 2.75) is 129 Å². The van der Waals surface area contributed by atoms with Crippen molar-refractivity contribution < 1.29 is 4.79 Å². The van der Waals surface area contributed by atoms with Crippen molar-refractivity contribution in [1.29, 1.82) is 0 Å². The summed E-state index contributed by atoms with van der Waals surface area (Å²) in [5.74, 6) is 1.87. The average Bonchev–Trinajstić information content (AvgIpc) is 3.05. The average molecular weight is 543 g/mol. The Morgan fingerprint density at radius 1 is 0.487 bits per heavy atom. The van der Waals surface area contributed by atoms with Crippen LogP contribution in [0.1, 0.15) is 129 Å². The molecular formula is C38H70O. The second-order valence-electron chi connectivity index (χ2n) is 7.98. The molecule has 4 rings (SSSR count). The molecule has 1 heteroatoms. The Hall–Kier alpha value is -2.41. The van der Waals surface area contributed by atoms with Gasteiger partial charge in [-0.15, -0.1) is 0 Å². The predicted molar refractivity (Wildman–Crippen MR) is 187 cm³/mol. The lowest BCUT2D eigenvalue weighted by Gasteiger charge is -2.15. The fraction of sp³-hybridized carbons (Fsp3) is 0.553. The third-order valence-electron chi connectivity index (χ3n) is 4.22. The van der Waals surface area contributed by atoms with Crippen molar-refractivity contribution in [3.63, 3.8) is 0 Å². The fourth-order valence-corrected chi connectivity index (χ4v) is 2.82. The summed E-state index contributed by atoms with van der Waals surface area (Å²) >= 11 is 0. The highest BCUT2D eigenvalue weighted by Gasteiger charge is 2.05. The van der Waals surface area contributed by atoms with Crippen LogP contribution in [0.5, 0.6) is 0 Å². The molecule has 0 saturated heterocycles. The van der Waals surface area contributed by atoms with Crippen molar-refractivity contribution in [3.05, 3.63) is 84.9 Å². The summed E-state index contributed by atoms with van der Waals surface area (Å²) in [6.45, 7) is 30.9. The molecule has 1 aliphatic carbocycles. The molecule has 3 aromatic rings. The van der Waals surface area contributed by atoms with E-state index in [-0.39, 0.29) is 0 Å². The molecule has 1 saturated carbocycles. The minimum Gasteiger partial charge on any atom is -0.307 e. The molecule has 39 heavy (non-hydrogen) atoms. The minimum atomic E-state index is 0.833. The molecule has 228 valence electrons. The highest BCUT2D eigenvalue weighted by Crippen LogP contribution is 2.22. The maximum Gasteiger partial charge on any atom is 0.106 e. The monoisotopic (exact) mass is 543 g/mol. The maximum atomic E-state index is 8.00. The van der Waals surface area contributed by atoms with Gasteiger partial charge in [0, 0.05) is 0 Å². The predicted octanol–water partition coefficient (Wildman–Crippen LogP) is 13.7. The lowest BCUT2D eigenvalue weighted by molar-refractivity contribution is -0.0980. The molecule has 0 amide bonds. The quantitative estimate of drug-likeness (QED) is 0.276. The first kappa shape index (κ1) is 49.5. The first-order chi connectivity index (χ1) is 19.1. The second kappa shape index (κ2) is 52.1. The van der Waals surface area contributed by atoms with Crippen LogP contribution in [0, 0.1) is 11.8 Å². The third kappa shape index (κ3) is 45.9. The van der Waals surface area contributed by atoms with Crippen molar-refractivity contribution in [2.24, 2.45) is 11.8 Å². The number of rotatable bonds is 0. The molecule has 0 heterocycles. The normalized spacial score (nSPS) is 10.1. The highest BCUT2D eigenvalue weighted by molar-refractivity contribution is 5.81. The van der Waals surface area contributed by atoms with Crippen LogP contribution in [0.15, 0.2) is 84.9 Å². The van der Waals surface area contributed by atoms with Crippen molar-refractivity contribution in [2.75, 3.05) is 0 Å². The Balaban J connectivity index is -0.0000000848. The zero-order chi connectivity index (χ0) is 31.7. The fourth-order valence-electron chi connectivity index (χ4n) is 2.82. The van der Waals surface area contributed by atoms with Gasteiger partial charge >= 0.3 is 0 Å². The molecule has 0 radical (unpaired) electrons. The van der Waals surface area contributed by atoms with E-state index in [1.165, 1.54) is 42.9 Å². The van der Waals surface area contributed by atoms with Crippen LogP contribution in [0.3, 0.4) is 0 Å². The lowest BCUT2D eigenvalue weighted by Crippen LogP contribution is -1.99. The summed E-state index contributed by atoms with van der Waals surface area (Å²) < 4.78 is 0. The molecule has 1 fully saturated rings. The topological polar surface area (TPSA) is 17.1 Å². The van der Waals surface area contributed by atoms with Crippen LogP contribution < -0.4 is 0 Å². The number of fused-ring (bicyclic) bond motifs is 1. The smallest absolute Gasteiger partial charge is 0.106 e. The molecular weight excluding hydrogens is 472 g/mol. The molecule has 0 bridgehead atoms. The second-order valence-corrected chi connectivity index (χ2v) is 7.98. The van der Waals surface area contributed by atoms with Gasteiger partial charge in [-0.05, 0) is 22.6 Å². The Bertz CT molecular complexity index is 605. The molecule has 0 aliphatic heterocycles. The van der Waals surface area contributed by atoms with E-state index in [0.29, 0.717) is 0 Å². The zero-order valence-electron chi connectivity index (χ0n) is 28.9. The summed E-state index contributed by atoms with van der Waals surface area (Å²) in [4.78, 5) is 8.00. The first-order valence-electron chi connectivity index (χ1n) is 15.8. The summed E-state index contributed by atoms with van der Waals surface area (Å²) in [5.41, 5.74) is 0. The molecule has 1 aliphatic rings. The Morgan fingerprint density at radius 3 is 0.846 bits per heavy atom. The SMILES string of the molecule is C=O.CC.CC.CC.CC.CC.CC(C)C.CC1CCCCC1.c1ccc2ccccc2c1.c1ccccc1. The van der Waals surface area contributed by atoms with Gasteiger partial charge in [-0.2, -0.15) is 0 Å². The summed E-state index contributed by atoms with van der Waals surface area (Å²) in [7, 11) is 0. The van der Waals surface area contributed by atoms with Crippen LogP contribution in [0.4, 0.5) is 0 Å². The van der Waals surface area contributed by atoms with E-state index < -0.39 is 0 Å². The van der Waals surface area contributed by atoms with Gasteiger partial charge in [-0.1, -0.05) is 214 Å². The summed E-state index contributed by atoms with van der Waals surface area (Å²) in [6.07, 6.45) is 7.44. The van der Waals surface area contributed by atoms with Crippen LogP contribution >= 0.6 is 0 Å². The summed E-state index contributed by atoms with van der Waals surface area (Å²) in [5, 5.41) is 2.62. The summed E-state index contributed by atoms with van der Waals surface area (Å²) in [6, 6.07) is 28.7.